The van der Waals surface area contributed by atoms with Crippen LogP contribution in [0.15, 0.2) is 42.5 Å². The van der Waals surface area contributed by atoms with Gasteiger partial charge in [0, 0.05) is 23.4 Å². The Morgan fingerprint density at radius 2 is 1.80 bits per heavy atom. The molecule has 4 nitrogen and oxygen atoms in total. The Hall–Kier alpha value is -2.47. The van der Waals surface area contributed by atoms with Gasteiger partial charge in [0.2, 0.25) is 0 Å². The molecular weight excluding hydrogens is 264 g/mol. The summed E-state index contributed by atoms with van der Waals surface area (Å²) in [5.74, 6) is 3.73. The van der Waals surface area contributed by atoms with E-state index in [0.717, 1.165) is 18.2 Å². The van der Waals surface area contributed by atoms with Crippen LogP contribution in [0.4, 0.5) is 14.5 Å². The first kappa shape index (κ1) is 14.0. The van der Waals surface area contributed by atoms with Crippen LogP contribution in [0.1, 0.15) is 15.9 Å². The third-order valence-electron chi connectivity index (χ3n) is 2.76. The summed E-state index contributed by atoms with van der Waals surface area (Å²) in [5, 5.41) is 2.52. The topological polar surface area (TPSA) is 67.1 Å². The number of carbonyl (C=O) groups is 1. The summed E-state index contributed by atoms with van der Waals surface area (Å²) in [6, 6.07) is 9.53. The lowest BCUT2D eigenvalue weighted by Crippen LogP contribution is -2.23. The fourth-order valence-corrected chi connectivity index (χ4v) is 1.67. The van der Waals surface area contributed by atoms with Gasteiger partial charge in [0.15, 0.2) is 0 Å². The second kappa shape index (κ2) is 6.12. The van der Waals surface area contributed by atoms with Gasteiger partial charge >= 0.3 is 0 Å². The summed E-state index contributed by atoms with van der Waals surface area (Å²) in [6.45, 7) is -0.0840. The summed E-state index contributed by atoms with van der Waals surface area (Å²) in [4.78, 5) is 11.8. The van der Waals surface area contributed by atoms with Gasteiger partial charge in [-0.15, -0.1) is 0 Å². The van der Waals surface area contributed by atoms with Crippen molar-refractivity contribution in [2.45, 2.75) is 6.54 Å². The van der Waals surface area contributed by atoms with Gasteiger partial charge in [-0.1, -0.05) is 0 Å². The van der Waals surface area contributed by atoms with Crippen molar-refractivity contribution in [1.29, 1.82) is 0 Å². The summed E-state index contributed by atoms with van der Waals surface area (Å²) in [7, 11) is 0. The van der Waals surface area contributed by atoms with Gasteiger partial charge in [-0.2, -0.15) is 0 Å². The van der Waals surface area contributed by atoms with Crippen LogP contribution in [0.5, 0.6) is 0 Å². The number of nitrogen functional groups attached to an aromatic ring is 1. The van der Waals surface area contributed by atoms with E-state index in [4.69, 9.17) is 5.84 Å². The highest BCUT2D eigenvalue weighted by molar-refractivity contribution is 5.94. The number of halogens is 2. The highest BCUT2D eigenvalue weighted by Gasteiger charge is 2.08. The summed E-state index contributed by atoms with van der Waals surface area (Å²) in [5.41, 5.74) is 3.61. The van der Waals surface area contributed by atoms with Gasteiger partial charge in [0.05, 0.1) is 0 Å². The van der Waals surface area contributed by atoms with E-state index in [-0.39, 0.29) is 18.0 Å². The monoisotopic (exact) mass is 277 g/mol. The van der Waals surface area contributed by atoms with Crippen molar-refractivity contribution >= 4 is 11.6 Å². The first-order valence-corrected chi connectivity index (χ1v) is 5.89. The minimum atomic E-state index is -0.561. The molecule has 0 aliphatic carbocycles. The van der Waals surface area contributed by atoms with Gasteiger partial charge < -0.3 is 10.7 Å². The number of rotatable bonds is 4. The van der Waals surface area contributed by atoms with Crippen LogP contribution in [0.25, 0.3) is 0 Å². The molecule has 2 aromatic rings. The van der Waals surface area contributed by atoms with E-state index in [1.807, 2.05) is 0 Å². The van der Waals surface area contributed by atoms with Crippen LogP contribution in [0.2, 0.25) is 0 Å². The van der Waals surface area contributed by atoms with Crippen LogP contribution in [-0.4, -0.2) is 5.91 Å². The second-order valence-electron chi connectivity index (χ2n) is 4.14. The Morgan fingerprint density at radius 1 is 1.10 bits per heavy atom. The van der Waals surface area contributed by atoms with Gasteiger partial charge in [-0.3, -0.25) is 10.6 Å². The lowest BCUT2D eigenvalue weighted by molar-refractivity contribution is 0.0950. The summed E-state index contributed by atoms with van der Waals surface area (Å²) < 4.78 is 26.4. The first-order chi connectivity index (χ1) is 9.60. The number of carbonyl (C=O) groups excluding carboxylic acids is 1. The van der Waals surface area contributed by atoms with E-state index in [1.165, 1.54) is 0 Å². The standard InChI is InChI=1S/C14H13F2N3O/c15-11-3-6-13(16)10(7-11)8-18-14(20)9-1-4-12(19-17)5-2-9/h1-7,19H,8,17H2,(H,18,20). The SMILES string of the molecule is NNc1ccc(C(=O)NCc2cc(F)ccc2F)cc1. The molecule has 0 fully saturated rings. The molecule has 0 saturated heterocycles. The second-order valence-corrected chi connectivity index (χ2v) is 4.14. The molecule has 1 amide bonds. The molecule has 6 heteroatoms. The van der Waals surface area contributed by atoms with Gasteiger partial charge in [0.25, 0.3) is 5.91 Å². The molecule has 0 aliphatic heterocycles. The molecule has 2 rings (SSSR count). The molecule has 0 aromatic heterocycles. The molecule has 104 valence electrons. The Bertz CT molecular complexity index is 614. The zero-order valence-electron chi connectivity index (χ0n) is 10.5. The third kappa shape index (κ3) is 3.30. The highest BCUT2D eigenvalue weighted by atomic mass is 19.1. The van der Waals surface area contributed by atoms with Crippen molar-refractivity contribution in [1.82, 2.24) is 5.32 Å². The van der Waals surface area contributed by atoms with E-state index >= 15 is 0 Å². The predicted molar refractivity (Wildman–Crippen MR) is 71.8 cm³/mol. The Balaban J connectivity index is 2.02. The normalized spacial score (nSPS) is 10.2. The molecule has 0 unspecified atom stereocenters. The van der Waals surface area contributed by atoms with Crippen LogP contribution in [0, 0.1) is 11.6 Å². The van der Waals surface area contributed by atoms with Crippen LogP contribution in [-0.2, 0) is 6.54 Å². The largest absolute Gasteiger partial charge is 0.348 e. The molecule has 0 atom stereocenters. The Kier molecular flexibility index (Phi) is 4.27. The smallest absolute Gasteiger partial charge is 0.251 e. The van der Waals surface area contributed by atoms with E-state index in [2.05, 4.69) is 10.7 Å². The Morgan fingerprint density at radius 3 is 2.45 bits per heavy atom. The van der Waals surface area contributed by atoms with Crippen LogP contribution < -0.4 is 16.6 Å². The number of benzene rings is 2. The zero-order chi connectivity index (χ0) is 14.5. The van der Waals surface area contributed by atoms with Gasteiger partial charge in [0.1, 0.15) is 11.6 Å². The number of hydrogen-bond acceptors (Lipinski definition) is 3. The minimum Gasteiger partial charge on any atom is -0.348 e. The number of hydrogen-bond donors (Lipinski definition) is 3. The highest BCUT2D eigenvalue weighted by Crippen LogP contribution is 2.11. The van der Waals surface area contributed by atoms with E-state index in [9.17, 15) is 13.6 Å². The van der Waals surface area contributed by atoms with Gasteiger partial charge in [-0.05, 0) is 42.5 Å². The number of nitrogens with one attached hydrogen (secondary N) is 2. The molecule has 4 N–H and O–H groups in total. The maximum absolute atomic E-state index is 13.4. The Labute approximate surface area is 114 Å². The maximum Gasteiger partial charge on any atom is 0.251 e. The summed E-state index contributed by atoms with van der Waals surface area (Å²) >= 11 is 0. The lowest BCUT2D eigenvalue weighted by atomic mass is 10.1. The summed E-state index contributed by atoms with van der Waals surface area (Å²) in [6.07, 6.45) is 0. The fraction of sp³-hybridized carbons (Fsp3) is 0.0714. The molecule has 0 spiro atoms. The number of nitrogens with two attached hydrogens (primary N) is 1. The fourth-order valence-electron chi connectivity index (χ4n) is 1.67. The minimum absolute atomic E-state index is 0.0840. The van der Waals surface area contributed by atoms with Crippen LogP contribution >= 0.6 is 0 Å². The molecule has 0 bridgehead atoms. The van der Waals surface area contributed by atoms with Crippen molar-refractivity contribution in [2.75, 3.05) is 5.43 Å². The van der Waals surface area contributed by atoms with E-state index in [0.29, 0.717) is 11.3 Å². The number of amides is 1. The van der Waals surface area contributed by atoms with E-state index < -0.39 is 11.6 Å². The molecular formula is C14H13F2N3O. The van der Waals surface area contributed by atoms with Crippen molar-refractivity contribution in [3.63, 3.8) is 0 Å². The number of anilines is 1. The first-order valence-electron chi connectivity index (χ1n) is 5.89. The van der Waals surface area contributed by atoms with Crippen LogP contribution in [0.3, 0.4) is 0 Å². The average Bonchev–Trinajstić information content (AvgIpc) is 2.48. The molecule has 0 aliphatic rings. The number of hydrazine groups is 1. The van der Waals surface area contributed by atoms with Gasteiger partial charge in [-0.25, -0.2) is 8.78 Å². The predicted octanol–water partition coefficient (Wildman–Crippen LogP) is 2.18. The lowest BCUT2D eigenvalue weighted by Gasteiger charge is -2.07. The molecule has 20 heavy (non-hydrogen) atoms. The van der Waals surface area contributed by atoms with Crippen molar-refractivity contribution < 1.29 is 13.6 Å². The quantitative estimate of drug-likeness (QED) is 0.592. The van der Waals surface area contributed by atoms with Crippen molar-refractivity contribution in [3.8, 4) is 0 Å². The third-order valence-corrected chi connectivity index (χ3v) is 2.76. The maximum atomic E-state index is 13.4. The molecule has 0 radical (unpaired) electrons. The molecule has 0 heterocycles. The molecule has 0 saturated carbocycles. The average molecular weight is 277 g/mol. The molecule has 2 aromatic carbocycles. The zero-order valence-corrected chi connectivity index (χ0v) is 10.5. The van der Waals surface area contributed by atoms with Crippen molar-refractivity contribution in [2.24, 2.45) is 5.84 Å². The van der Waals surface area contributed by atoms with E-state index in [1.54, 1.807) is 24.3 Å². The van der Waals surface area contributed by atoms with Crippen molar-refractivity contribution in [3.05, 3.63) is 65.2 Å².